The second-order valence-electron chi connectivity index (χ2n) is 6.18. The van der Waals surface area contributed by atoms with Crippen LogP contribution in [-0.2, 0) is 4.74 Å². The van der Waals surface area contributed by atoms with E-state index in [1.807, 2.05) is 0 Å². The summed E-state index contributed by atoms with van der Waals surface area (Å²) in [6.07, 6.45) is 7.23. The van der Waals surface area contributed by atoms with Gasteiger partial charge in [-0.1, -0.05) is 6.42 Å². The molecule has 1 N–H and O–H groups in total. The smallest absolute Gasteiger partial charge is 0.0646 e. The van der Waals surface area contributed by atoms with Crippen LogP contribution in [0.5, 0.6) is 0 Å². The molecule has 1 aliphatic heterocycles. The van der Waals surface area contributed by atoms with Crippen molar-refractivity contribution in [3.05, 3.63) is 0 Å². The number of rotatable bonds is 3. The molecule has 4 unspecified atom stereocenters. The molecule has 2 saturated carbocycles. The van der Waals surface area contributed by atoms with Crippen LogP contribution in [0.1, 0.15) is 39.0 Å². The quantitative estimate of drug-likeness (QED) is 0.769. The standard InChI is InChI=1S/C13H23NO/c1-13(4-5-15-9-13)14-8-12-7-10-2-3-11(12)6-10/h10-12,14H,2-9H2,1H3. The van der Waals surface area contributed by atoms with Gasteiger partial charge >= 0.3 is 0 Å². The first-order valence-corrected chi connectivity index (χ1v) is 6.58. The van der Waals surface area contributed by atoms with E-state index in [0.717, 1.165) is 31.0 Å². The Bertz CT molecular complexity index is 235. The molecular weight excluding hydrogens is 186 g/mol. The number of fused-ring (bicyclic) bond motifs is 2. The first-order chi connectivity index (χ1) is 7.25. The van der Waals surface area contributed by atoms with Gasteiger partial charge in [0.1, 0.15) is 0 Å². The van der Waals surface area contributed by atoms with E-state index in [1.54, 1.807) is 0 Å². The second kappa shape index (κ2) is 3.74. The van der Waals surface area contributed by atoms with Gasteiger partial charge in [-0.2, -0.15) is 0 Å². The molecular formula is C13H23NO. The van der Waals surface area contributed by atoms with Gasteiger partial charge in [-0.3, -0.25) is 0 Å². The van der Waals surface area contributed by atoms with Crippen molar-refractivity contribution >= 4 is 0 Å². The van der Waals surface area contributed by atoms with Crippen molar-refractivity contribution in [2.45, 2.75) is 44.6 Å². The van der Waals surface area contributed by atoms with Gasteiger partial charge in [-0.15, -0.1) is 0 Å². The number of hydrogen-bond acceptors (Lipinski definition) is 2. The van der Waals surface area contributed by atoms with Gasteiger partial charge in [0.25, 0.3) is 0 Å². The summed E-state index contributed by atoms with van der Waals surface area (Å²) < 4.78 is 5.47. The minimum Gasteiger partial charge on any atom is -0.379 e. The highest BCUT2D eigenvalue weighted by atomic mass is 16.5. The van der Waals surface area contributed by atoms with Crippen molar-refractivity contribution in [1.29, 1.82) is 0 Å². The van der Waals surface area contributed by atoms with Crippen molar-refractivity contribution in [2.75, 3.05) is 19.8 Å². The predicted molar refractivity (Wildman–Crippen MR) is 60.8 cm³/mol. The van der Waals surface area contributed by atoms with Crippen molar-refractivity contribution < 1.29 is 4.74 Å². The third kappa shape index (κ3) is 1.94. The van der Waals surface area contributed by atoms with Crippen LogP contribution in [0, 0.1) is 17.8 Å². The minimum absolute atomic E-state index is 0.280. The van der Waals surface area contributed by atoms with E-state index in [2.05, 4.69) is 12.2 Å². The van der Waals surface area contributed by atoms with E-state index in [0.29, 0.717) is 0 Å². The highest BCUT2D eigenvalue weighted by Gasteiger charge is 2.40. The van der Waals surface area contributed by atoms with Crippen molar-refractivity contribution in [3.63, 3.8) is 0 Å². The van der Waals surface area contributed by atoms with Gasteiger partial charge in [-0.25, -0.2) is 0 Å². The Balaban J connectivity index is 1.50. The molecule has 3 fully saturated rings. The summed E-state index contributed by atoms with van der Waals surface area (Å²) in [5.74, 6) is 3.10. The lowest BCUT2D eigenvalue weighted by atomic mass is 9.88. The van der Waals surface area contributed by atoms with Gasteiger partial charge in [0, 0.05) is 12.1 Å². The molecule has 15 heavy (non-hydrogen) atoms. The fourth-order valence-electron chi connectivity index (χ4n) is 3.81. The SMILES string of the molecule is CC1(NCC2CC3CCC2C3)CCOC1. The molecule has 3 aliphatic rings. The third-order valence-corrected chi connectivity index (χ3v) is 4.89. The minimum atomic E-state index is 0.280. The third-order valence-electron chi connectivity index (χ3n) is 4.89. The van der Waals surface area contributed by atoms with E-state index in [-0.39, 0.29) is 5.54 Å². The average molecular weight is 209 g/mol. The maximum Gasteiger partial charge on any atom is 0.0646 e. The molecule has 0 radical (unpaired) electrons. The molecule has 3 rings (SSSR count). The van der Waals surface area contributed by atoms with Crippen LogP contribution >= 0.6 is 0 Å². The van der Waals surface area contributed by atoms with Crippen LogP contribution in [0.25, 0.3) is 0 Å². The number of ether oxygens (including phenoxy) is 1. The Morgan fingerprint density at radius 3 is 2.87 bits per heavy atom. The zero-order chi connectivity index (χ0) is 10.3. The molecule has 2 heteroatoms. The van der Waals surface area contributed by atoms with E-state index < -0.39 is 0 Å². The highest BCUT2D eigenvalue weighted by Crippen LogP contribution is 2.48. The summed E-state index contributed by atoms with van der Waals surface area (Å²) in [6, 6.07) is 0. The van der Waals surface area contributed by atoms with Gasteiger partial charge in [-0.05, 0) is 56.9 Å². The van der Waals surface area contributed by atoms with Gasteiger partial charge in [0.15, 0.2) is 0 Å². The highest BCUT2D eigenvalue weighted by molar-refractivity contribution is 4.94. The molecule has 2 nitrogen and oxygen atoms in total. The Morgan fingerprint density at radius 1 is 1.33 bits per heavy atom. The van der Waals surface area contributed by atoms with Crippen molar-refractivity contribution in [3.8, 4) is 0 Å². The summed E-state index contributed by atoms with van der Waals surface area (Å²) in [4.78, 5) is 0. The monoisotopic (exact) mass is 209 g/mol. The first-order valence-electron chi connectivity index (χ1n) is 6.58. The lowest BCUT2D eigenvalue weighted by molar-refractivity contribution is 0.166. The van der Waals surface area contributed by atoms with E-state index in [4.69, 9.17) is 4.74 Å². The Kier molecular flexibility index (Phi) is 2.52. The lowest BCUT2D eigenvalue weighted by Crippen LogP contribution is -2.45. The molecule has 0 aromatic rings. The van der Waals surface area contributed by atoms with Crippen LogP contribution in [0.15, 0.2) is 0 Å². The van der Waals surface area contributed by atoms with E-state index in [1.165, 1.54) is 38.6 Å². The van der Waals surface area contributed by atoms with Gasteiger partial charge in [0.2, 0.25) is 0 Å². The van der Waals surface area contributed by atoms with E-state index >= 15 is 0 Å². The number of nitrogens with one attached hydrogen (secondary N) is 1. The normalized spacial score (nSPS) is 49.0. The fourth-order valence-corrected chi connectivity index (χ4v) is 3.81. The van der Waals surface area contributed by atoms with Crippen molar-refractivity contribution in [1.82, 2.24) is 5.32 Å². The number of hydrogen-bond donors (Lipinski definition) is 1. The molecule has 2 aliphatic carbocycles. The molecule has 2 bridgehead atoms. The van der Waals surface area contributed by atoms with Crippen molar-refractivity contribution in [2.24, 2.45) is 17.8 Å². The molecule has 1 saturated heterocycles. The van der Waals surface area contributed by atoms with Crippen LogP contribution < -0.4 is 5.32 Å². The van der Waals surface area contributed by atoms with Crippen LogP contribution in [0.4, 0.5) is 0 Å². The summed E-state index contributed by atoms with van der Waals surface area (Å²) in [6.45, 7) is 5.41. The Morgan fingerprint density at radius 2 is 2.27 bits per heavy atom. The predicted octanol–water partition coefficient (Wildman–Crippen LogP) is 2.19. The average Bonchev–Trinajstić information content (AvgIpc) is 2.90. The molecule has 0 spiro atoms. The summed E-state index contributed by atoms with van der Waals surface area (Å²) in [5, 5.41) is 3.76. The summed E-state index contributed by atoms with van der Waals surface area (Å²) >= 11 is 0. The molecule has 4 atom stereocenters. The zero-order valence-corrected chi connectivity index (χ0v) is 9.80. The maximum absolute atomic E-state index is 5.47. The Labute approximate surface area is 92.8 Å². The fraction of sp³-hybridized carbons (Fsp3) is 1.00. The maximum atomic E-state index is 5.47. The van der Waals surface area contributed by atoms with Crippen LogP contribution in [0.3, 0.4) is 0 Å². The first kappa shape index (κ1) is 10.1. The Hall–Kier alpha value is -0.0800. The largest absolute Gasteiger partial charge is 0.379 e. The lowest BCUT2D eigenvalue weighted by Gasteiger charge is -2.29. The van der Waals surface area contributed by atoms with Gasteiger partial charge < -0.3 is 10.1 Å². The summed E-state index contributed by atoms with van der Waals surface area (Å²) in [7, 11) is 0. The van der Waals surface area contributed by atoms with Crippen LogP contribution in [0.2, 0.25) is 0 Å². The molecule has 0 amide bonds. The molecule has 1 heterocycles. The zero-order valence-electron chi connectivity index (χ0n) is 9.80. The second-order valence-corrected chi connectivity index (χ2v) is 6.18. The molecule has 86 valence electrons. The topological polar surface area (TPSA) is 21.3 Å². The van der Waals surface area contributed by atoms with Crippen LogP contribution in [-0.4, -0.2) is 25.3 Å². The molecule has 0 aromatic carbocycles. The molecule has 0 aromatic heterocycles. The van der Waals surface area contributed by atoms with E-state index in [9.17, 15) is 0 Å². The van der Waals surface area contributed by atoms with Gasteiger partial charge in [0.05, 0.1) is 6.61 Å². The summed E-state index contributed by atoms with van der Waals surface area (Å²) in [5.41, 5.74) is 0.280.